The summed E-state index contributed by atoms with van der Waals surface area (Å²) in [7, 11) is -3.16. The topological polar surface area (TPSA) is 37.4 Å². The summed E-state index contributed by atoms with van der Waals surface area (Å²) in [5, 5.41) is 0. The molecule has 1 aromatic carbocycles. The summed E-state index contributed by atoms with van der Waals surface area (Å²) in [6.45, 7) is 2.50. The smallest absolute Gasteiger partial charge is 0.211 e. The normalized spacial score (nSPS) is 16.4. The molecule has 0 aliphatic heterocycles. The molecule has 1 aliphatic rings. The number of hydrogen-bond acceptors (Lipinski definition) is 2. The highest BCUT2D eigenvalue weighted by Gasteiger charge is 2.36. The Kier molecular flexibility index (Phi) is 3.90. The van der Waals surface area contributed by atoms with Crippen molar-refractivity contribution >= 4 is 26.0 Å². The van der Waals surface area contributed by atoms with E-state index in [9.17, 15) is 8.42 Å². The van der Waals surface area contributed by atoms with Crippen LogP contribution in [0.2, 0.25) is 0 Å². The molecule has 1 fully saturated rings. The number of sulfonamides is 1. The van der Waals surface area contributed by atoms with E-state index in [0.29, 0.717) is 6.54 Å². The first-order chi connectivity index (χ1) is 8.03. The van der Waals surface area contributed by atoms with Gasteiger partial charge in [0, 0.05) is 12.6 Å². The van der Waals surface area contributed by atoms with E-state index >= 15 is 0 Å². The first-order valence-electron chi connectivity index (χ1n) is 5.64. The highest BCUT2D eigenvalue weighted by molar-refractivity contribution is 9.10. The van der Waals surface area contributed by atoms with E-state index in [2.05, 4.69) is 15.9 Å². The lowest BCUT2D eigenvalue weighted by molar-refractivity contribution is 0.402. The molecule has 2 rings (SSSR count). The van der Waals surface area contributed by atoms with Crippen LogP contribution in [0, 0.1) is 6.92 Å². The largest absolute Gasteiger partial charge is 0.224 e. The summed E-state index contributed by atoms with van der Waals surface area (Å²) < 4.78 is 25.5. The monoisotopic (exact) mass is 317 g/mol. The van der Waals surface area contributed by atoms with Crippen molar-refractivity contribution in [2.75, 3.05) is 4.66 Å². The van der Waals surface area contributed by atoms with E-state index in [1.165, 1.54) is 0 Å². The molecule has 1 aliphatic carbocycles. The van der Waals surface area contributed by atoms with Crippen molar-refractivity contribution in [2.24, 2.45) is 0 Å². The van der Waals surface area contributed by atoms with Crippen LogP contribution in [0.5, 0.6) is 0 Å². The highest BCUT2D eigenvalue weighted by Crippen LogP contribution is 2.31. The molecule has 94 valence electrons. The van der Waals surface area contributed by atoms with Crippen LogP contribution in [0.25, 0.3) is 0 Å². The van der Waals surface area contributed by atoms with Crippen molar-refractivity contribution < 1.29 is 8.42 Å². The van der Waals surface area contributed by atoms with Crippen molar-refractivity contribution in [3.05, 3.63) is 35.4 Å². The quantitative estimate of drug-likeness (QED) is 0.783. The zero-order valence-corrected chi connectivity index (χ0v) is 12.2. The number of hydrogen-bond donors (Lipinski definition) is 0. The minimum atomic E-state index is -3.16. The first kappa shape index (κ1) is 13.1. The van der Waals surface area contributed by atoms with Crippen LogP contribution < -0.4 is 0 Å². The minimum absolute atomic E-state index is 0.00230. The van der Waals surface area contributed by atoms with Crippen molar-refractivity contribution in [1.29, 1.82) is 0 Å². The average molecular weight is 318 g/mol. The molecule has 0 spiro atoms. The highest BCUT2D eigenvalue weighted by atomic mass is 79.9. The number of halogens is 1. The maximum atomic E-state index is 11.9. The van der Waals surface area contributed by atoms with E-state index < -0.39 is 10.0 Å². The number of benzene rings is 1. The molecular weight excluding hydrogens is 302 g/mol. The standard InChI is InChI=1S/C12H16BrNO2S/c1-10-3-2-4-11(7-10)8-14(12-5-6-12)17(15,16)9-13/h2-4,7,12H,5-6,8-9H2,1H3. The molecule has 0 aromatic heterocycles. The van der Waals surface area contributed by atoms with Gasteiger partial charge in [0.25, 0.3) is 0 Å². The summed E-state index contributed by atoms with van der Waals surface area (Å²) >= 11 is 3.07. The molecule has 0 amide bonds. The van der Waals surface area contributed by atoms with Gasteiger partial charge in [-0.05, 0) is 25.3 Å². The Morgan fingerprint density at radius 3 is 2.65 bits per heavy atom. The van der Waals surface area contributed by atoms with Crippen LogP contribution in [0.4, 0.5) is 0 Å². The van der Waals surface area contributed by atoms with Crippen molar-refractivity contribution in [2.45, 2.75) is 32.4 Å². The van der Waals surface area contributed by atoms with Crippen LogP contribution in [0.15, 0.2) is 24.3 Å². The SMILES string of the molecule is Cc1cccc(CN(C2CC2)S(=O)(=O)CBr)c1. The summed E-state index contributed by atoms with van der Waals surface area (Å²) in [6.07, 6.45) is 1.97. The Morgan fingerprint density at radius 1 is 1.41 bits per heavy atom. The van der Waals surface area contributed by atoms with Crippen LogP contribution in [0.1, 0.15) is 24.0 Å². The lowest BCUT2D eigenvalue weighted by atomic mass is 10.1. The predicted octanol–water partition coefficient (Wildman–Crippen LogP) is 2.64. The van der Waals surface area contributed by atoms with Gasteiger partial charge in [-0.25, -0.2) is 8.42 Å². The van der Waals surface area contributed by atoms with Crippen LogP contribution in [0.3, 0.4) is 0 Å². The van der Waals surface area contributed by atoms with Gasteiger partial charge >= 0.3 is 0 Å². The van der Waals surface area contributed by atoms with Gasteiger partial charge < -0.3 is 0 Å². The molecule has 1 saturated carbocycles. The number of rotatable bonds is 5. The lowest BCUT2D eigenvalue weighted by Crippen LogP contribution is -2.33. The van der Waals surface area contributed by atoms with Crippen LogP contribution >= 0.6 is 15.9 Å². The minimum Gasteiger partial charge on any atom is -0.211 e. The fourth-order valence-corrected chi connectivity index (χ4v) is 3.80. The van der Waals surface area contributed by atoms with E-state index in [1.807, 2.05) is 31.2 Å². The van der Waals surface area contributed by atoms with Gasteiger partial charge in [-0.15, -0.1) is 0 Å². The van der Waals surface area contributed by atoms with Crippen LogP contribution in [-0.2, 0) is 16.6 Å². The number of nitrogens with zero attached hydrogens (tertiary/aromatic N) is 1. The molecule has 0 heterocycles. The van der Waals surface area contributed by atoms with Gasteiger partial charge in [0.1, 0.15) is 4.66 Å². The van der Waals surface area contributed by atoms with E-state index in [4.69, 9.17) is 0 Å². The second kappa shape index (κ2) is 5.08. The van der Waals surface area contributed by atoms with Gasteiger partial charge in [0.2, 0.25) is 10.0 Å². The second-order valence-corrected chi connectivity index (χ2v) is 7.71. The van der Waals surface area contributed by atoms with Gasteiger partial charge in [-0.1, -0.05) is 45.8 Å². The average Bonchev–Trinajstić information content (AvgIpc) is 3.10. The first-order valence-corrected chi connectivity index (χ1v) is 8.37. The Labute approximate surface area is 111 Å². The van der Waals surface area contributed by atoms with Gasteiger partial charge in [0.15, 0.2) is 0 Å². The molecule has 5 heteroatoms. The second-order valence-electron chi connectivity index (χ2n) is 4.49. The number of alkyl halides is 1. The molecule has 0 radical (unpaired) electrons. The molecule has 0 unspecified atom stereocenters. The Hall–Kier alpha value is -0.390. The molecule has 0 bridgehead atoms. The van der Waals surface area contributed by atoms with Gasteiger partial charge in [0.05, 0.1) is 0 Å². The fraction of sp³-hybridized carbons (Fsp3) is 0.500. The van der Waals surface area contributed by atoms with E-state index in [0.717, 1.165) is 24.0 Å². The molecule has 1 aromatic rings. The maximum absolute atomic E-state index is 11.9. The maximum Gasteiger partial charge on any atom is 0.224 e. The molecule has 0 N–H and O–H groups in total. The van der Waals surface area contributed by atoms with Crippen molar-refractivity contribution in [3.63, 3.8) is 0 Å². The third-order valence-corrected chi connectivity index (χ3v) is 6.02. The molecule has 0 saturated heterocycles. The van der Waals surface area contributed by atoms with Gasteiger partial charge in [-0.3, -0.25) is 0 Å². The summed E-state index contributed by atoms with van der Waals surface area (Å²) in [5.41, 5.74) is 2.22. The third-order valence-electron chi connectivity index (χ3n) is 2.87. The summed E-state index contributed by atoms with van der Waals surface area (Å²) in [6, 6.07) is 8.21. The fourth-order valence-electron chi connectivity index (χ4n) is 1.87. The molecule has 0 atom stereocenters. The summed E-state index contributed by atoms with van der Waals surface area (Å²) in [5.74, 6) is 0. The third kappa shape index (κ3) is 3.30. The van der Waals surface area contributed by atoms with E-state index in [-0.39, 0.29) is 10.7 Å². The van der Waals surface area contributed by atoms with Crippen molar-refractivity contribution in [3.8, 4) is 0 Å². The predicted molar refractivity (Wildman–Crippen MR) is 72.5 cm³/mol. The van der Waals surface area contributed by atoms with Gasteiger partial charge in [-0.2, -0.15) is 4.31 Å². The molecular formula is C12H16BrNO2S. The Morgan fingerprint density at radius 2 is 2.12 bits per heavy atom. The number of aryl methyl sites for hydroxylation is 1. The Bertz CT molecular complexity index is 497. The van der Waals surface area contributed by atoms with Crippen molar-refractivity contribution in [1.82, 2.24) is 4.31 Å². The van der Waals surface area contributed by atoms with E-state index in [1.54, 1.807) is 4.31 Å². The zero-order valence-electron chi connectivity index (χ0n) is 9.77. The Balaban J connectivity index is 2.19. The summed E-state index contributed by atoms with van der Waals surface area (Å²) in [4.78, 5) is 0. The molecule has 17 heavy (non-hydrogen) atoms. The van der Waals surface area contributed by atoms with Crippen LogP contribution in [-0.4, -0.2) is 23.4 Å². The molecule has 3 nitrogen and oxygen atoms in total. The lowest BCUT2D eigenvalue weighted by Gasteiger charge is -2.20. The zero-order chi connectivity index (χ0) is 12.5.